The van der Waals surface area contributed by atoms with Crippen LogP contribution in [0, 0.1) is 5.41 Å². The average Bonchev–Trinajstić information content (AvgIpc) is 3.01. The van der Waals surface area contributed by atoms with Crippen molar-refractivity contribution < 1.29 is 5.11 Å². The number of aliphatic hydroxyl groups is 1. The lowest BCUT2D eigenvalue weighted by Gasteiger charge is -2.49. The first kappa shape index (κ1) is 14.3. The van der Waals surface area contributed by atoms with Crippen LogP contribution in [0.4, 0.5) is 17.8 Å². The number of aromatic nitrogens is 3. The van der Waals surface area contributed by atoms with E-state index in [-0.39, 0.29) is 17.6 Å². The van der Waals surface area contributed by atoms with Crippen molar-refractivity contribution in [2.75, 3.05) is 35.7 Å². The lowest BCUT2D eigenvalue weighted by atomic mass is 9.65. The van der Waals surface area contributed by atoms with E-state index in [1.165, 1.54) is 12.8 Å². The smallest absolute Gasteiger partial charge is 0.231 e. The lowest BCUT2D eigenvalue weighted by molar-refractivity contribution is -0.0512. The highest BCUT2D eigenvalue weighted by Gasteiger charge is 2.47. The monoisotopic (exact) mass is 292 g/mol. The summed E-state index contributed by atoms with van der Waals surface area (Å²) in [7, 11) is 1.81. The largest absolute Gasteiger partial charge is 0.392 e. The van der Waals surface area contributed by atoms with Gasteiger partial charge in [-0.05, 0) is 19.3 Å². The summed E-state index contributed by atoms with van der Waals surface area (Å²) in [5, 5.41) is 16.2. The fourth-order valence-electron chi connectivity index (χ4n) is 2.90. The zero-order chi connectivity index (χ0) is 15.0. The SMILES string of the molecule is CNc1nc(NC2CC(O)C2(C)C)nc(N2CCCC2)n1. The van der Waals surface area contributed by atoms with Crippen LogP contribution in [0.2, 0.25) is 0 Å². The van der Waals surface area contributed by atoms with Gasteiger partial charge in [0.05, 0.1) is 6.10 Å². The molecule has 0 aromatic carbocycles. The summed E-state index contributed by atoms with van der Waals surface area (Å²) in [5.41, 5.74) is -0.153. The van der Waals surface area contributed by atoms with E-state index in [2.05, 4.69) is 44.3 Å². The van der Waals surface area contributed by atoms with Gasteiger partial charge in [0.15, 0.2) is 0 Å². The minimum Gasteiger partial charge on any atom is -0.392 e. The molecule has 0 amide bonds. The second-order valence-corrected chi connectivity index (χ2v) is 6.50. The van der Waals surface area contributed by atoms with Crippen LogP contribution in [0.5, 0.6) is 0 Å². The Bertz CT molecular complexity index is 514. The van der Waals surface area contributed by atoms with Crippen LogP contribution >= 0.6 is 0 Å². The van der Waals surface area contributed by atoms with E-state index in [0.29, 0.717) is 11.9 Å². The molecule has 2 unspecified atom stereocenters. The second-order valence-electron chi connectivity index (χ2n) is 6.50. The van der Waals surface area contributed by atoms with Crippen molar-refractivity contribution >= 4 is 17.8 Å². The van der Waals surface area contributed by atoms with Crippen LogP contribution in [0.3, 0.4) is 0 Å². The normalized spacial score (nSPS) is 27.3. The molecule has 0 spiro atoms. The Morgan fingerprint density at radius 2 is 1.81 bits per heavy atom. The molecule has 116 valence electrons. The zero-order valence-electron chi connectivity index (χ0n) is 12.9. The first-order chi connectivity index (χ1) is 10.0. The van der Waals surface area contributed by atoms with Crippen molar-refractivity contribution in [3.05, 3.63) is 0 Å². The lowest BCUT2D eigenvalue weighted by Crippen LogP contribution is -2.57. The third-order valence-corrected chi connectivity index (χ3v) is 4.76. The number of nitrogens with one attached hydrogen (secondary N) is 2. The van der Waals surface area contributed by atoms with Crippen molar-refractivity contribution in [2.24, 2.45) is 5.41 Å². The van der Waals surface area contributed by atoms with Gasteiger partial charge in [0.25, 0.3) is 0 Å². The number of aliphatic hydroxyl groups excluding tert-OH is 1. The number of hydrogen-bond acceptors (Lipinski definition) is 7. The maximum absolute atomic E-state index is 9.84. The molecule has 0 bridgehead atoms. The summed E-state index contributed by atoms with van der Waals surface area (Å²) < 4.78 is 0. The molecule has 7 heteroatoms. The molecule has 21 heavy (non-hydrogen) atoms. The first-order valence-corrected chi connectivity index (χ1v) is 7.64. The summed E-state index contributed by atoms with van der Waals surface area (Å²) in [6.45, 7) is 6.11. The molecule has 2 heterocycles. The van der Waals surface area contributed by atoms with E-state index in [1.54, 1.807) is 0 Å². The molecule has 2 fully saturated rings. The van der Waals surface area contributed by atoms with Gasteiger partial charge in [0.2, 0.25) is 17.8 Å². The van der Waals surface area contributed by atoms with Gasteiger partial charge in [0, 0.05) is 31.6 Å². The maximum atomic E-state index is 9.84. The highest BCUT2D eigenvalue weighted by molar-refractivity contribution is 5.45. The third-order valence-electron chi connectivity index (χ3n) is 4.76. The van der Waals surface area contributed by atoms with Crippen LogP contribution < -0.4 is 15.5 Å². The summed E-state index contributed by atoms with van der Waals surface area (Å²) in [6.07, 6.45) is 2.84. The average molecular weight is 292 g/mol. The molecule has 2 atom stereocenters. The Kier molecular flexibility index (Phi) is 3.61. The molecule has 1 aromatic rings. The van der Waals surface area contributed by atoms with Crippen LogP contribution in [-0.2, 0) is 0 Å². The molecule has 3 N–H and O–H groups in total. The molecule has 2 aliphatic rings. The summed E-state index contributed by atoms with van der Waals surface area (Å²) in [6, 6.07) is 0.186. The van der Waals surface area contributed by atoms with Crippen LogP contribution in [0.1, 0.15) is 33.1 Å². The van der Waals surface area contributed by atoms with Crippen LogP contribution in [0.25, 0.3) is 0 Å². The van der Waals surface area contributed by atoms with E-state index in [0.717, 1.165) is 25.5 Å². The Morgan fingerprint density at radius 3 is 2.38 bits per heavy atom. The van der Waals surface area contributed by atoms with E-state index >= 15 is 0 Å². The van der Waals surface area contributed by atoms with E-state index in [4.69, 9.17) is 0 Å². The topological polar surface area (TPSA) is 86.2 Å². The van der Waals surface area contributed by atoms with Gasteiger partial charge in [-0.3, -0.25) is 0 Å². The minimum absolute atomic E-state index is 0.153. The molecule has 1 aliphatic heterocycles. The maximum Gasteiger partial charge on any atom is 0.231 e. The van der Waals surface area contributed by atoms with Gasteiger partial charge in [-0.25, -0.2) is 0 Å². The minimum atomic E-state index is -0.265. The Hall–Kier alpha value is -1.63. The van der Waals surface area contributed by atoms with Gasteiger partial charge in [-0.1, -0.05) is 13.8 Å². The quantitative estimate of drug-likeness (QED) is 0.765. The molecule has 1 saturated heterocycles. The van der Waals surface area contributed by atoms with Gasteiger partial charge in [-0.15, -0.1) is 0 Å². The number of rotatable bonds is 4. The molecule has 0 radical (unpaired) electrons. The Balaban J connectivity index is 1.79. The molecule has 7 nitrogen and oxygen atoms in total. The Labute approximate surface area is 125 Å². The summed E-state index contributed by atoms with van der Waals surface area (Å²) >= 11 is 0. The van der Waals surface area contributed by atoms with Crippen LogP contribution in [0.15, 0.2) is 0 Å². The molecular weight excluding hydrogens is 268 g/mol. The predicted octanol–water partition coefficient (Wildman–Crippen LogP) is 1.08. The second kappa shape index (κ2) is 5.29. The Morgan fingerprint density at radius 1 is 1.14 bits per heavy atom. The van der Waals surface area contributed by atoms with Crippen molar-refractivity contribution in [1.29, 1.82) is 0 Å². The number of hydrogen-bond donors (Lipinski definition) is 3. The van der Waals surface area contributed by atoms with E-state index in [1.807, 2.05) is 7.05 Å². The first-order valence-electron chi connectivity index (χ1n) is 7.64. The predicted molar refractivity (Wildman–Crippen MR) is 82.6 cm³/mol. The van der Waals surface area contributed by atoms with Gasteiger partial charge in [0.1, 0.15) is 0 Å². The molecule has 1 saturated carbocycles. The van der Waals surface area contributed by atoms with E-state index < -0.39 is 0 Å². The number of anilines is 3. The van der Waals surface area contributed by atoms with Gasteiger partial charge < -0.3 is 20.6 Å². The molecule has 3 rings (SSSR count). The molecule has 1 aliphatic carbocycles. The molecular formula is C14H24N6O. The summed E-state index contributed by atoms with van der Waals surface area (Å²) in [4.78, 5) is 15.6. The fourth-order valence-corrected chi connectivity index (χ4v) is 2.90. The highest BCUT2D eigenvalue weighted by atomic mass is 16.3. The van der Waals surface area contributed by atoms with Crippen molar-refractivity contribution in [3.63, 3.8) is 0 Å². The summed E-state index contributed by atoms with van der Waals surface area (Å²) in [5.74, 6) is 1.89. The standard InChI is InChI=1S/C14H24N6O/c1-14(2)9(8-10(14)21)16-12-17-11(15-3)18-13(19-12)20-6-4-5-7-20/h9-10,21H,4-8H2,1-3H3,(H2,15,16,17,18,19). The fraction of sp³-hybridized carbons (Fsp3) is 0.786. The third kappa shape index (κ3) is 2.62. The van der Waals surface area contributed by atoms with Crippen LogP contribution in [-0.4, -0.2) is 52.3 Å². The van der Waals surface area contributed by atoms with Gasteiger partial charge >= 0.3 is 0 Å². The van der Waals surface area contributed by atoms with E-state index in [9.17, 15) is 5.11 Å². The molecule has 1 aromatic heterocycles. The van der Waals surface area contributed by atoms with Crippen molar-refractivity contribution in [3.8, 4) is 0 Å². The van der Waals surface area contributed by atoms with Crippen molar-refractivity contribution in [1.82, 2.24) is 15.0 Å². The zero-order valence-corrected chi connectivity index (χ0v) is 12.9. The van der Waals surface area contributed by atoms with Crippen molar-refractivity contribution in [2.45, 2.75) is 45.3 Å². The number of nitrogens with zero attached hydrogens (tertiary/aromatic N) is 4. The van der Waals surface area contributed by atoms with Gasteiger partial charge in [-0.2, -0.15) is 15.0 Å². The highest BCUT2D eigenvalue weighted by Crippen LogP contribution is 2.41.